The summed E-state index contributed by atoms with van der Waals surface area (Å²) in [7, 11) is 2.24. The van der Waals surface area contributed by atoms with Crippen molar-refractivity contribution in [1.29, 1.82) is 0 Å². The Hall–Kier alpha value is -0.610. The van der Waals surface area contributed by atoms with E-state index in [1.54, 1.807) is 0 Å². The highest BCUT2D eigenvalue weighted by molar-refractivity contribution is 5.69. The Balaban J connectivity index is 1.67. The van der Waals surface area contributed by atoms with Crippen molar-refractivity contribution in [3.8, 4) is 0 Å². The van der Waals surface area contributed by atoms with Gasteiger partial charge in [-0.05, 0) is 45.6 Å². The van der Waals surface area contributed by atoms with Gasteiger partial charge in [-0.25, -0.2) is 0 Å². The van der Waals surface area contributed by atoms with Crippen LogP contribution >= 0.6 is 0 Å². The molecule has 0 spiro atoms. The lowest BCUT2D eigenvalue weighted by Crippen LogP contribution is -2.42. The van der Waals surface area contributed by atoms with Crippen molar-refractivity contribution in [2.24, 2.45) is 0 Å². The standard InChI is InChI=1S/C12H22N2O2/c1-14(11-6-7-11)10-4-2-9(3-5-10)13-8-12(15)16/h9-11,13H,2-8H2,1H3,(H,15,16). The number of carbonyl (C=O) groups is 1. The van der Waals surface area contributed by atoms with Gasteiger partial charge in [0, 0.05) is 18.1 Å². The van der Waals surface area contributed by atoms with E-state index in [0.29, 0.717) is 6.04 Å². The first-order chi connectivity index (χ1) is 7.66. The molecule has 2 aliphatic rings. The lowest BCUT2D eigenvalue weighted by atomic mass is 9.90. The van der Waals surface area contributed by atoms with Crippen molar-refractivity contribution >= 4 is 5.97 Å². The summed E-state index contributed by atoms with van der Waals surface area (Å²) in [4.78, 5) is 13.0. The topological polar surface area (TPSA) is 52.6 Å². The fraction of sp³-hybridized carbons (Fsp3) is 0.917. The predicted molar refractivity (Wildman–Crippen MR) is 62.5 cm³/mol. The van der Waals surface area contributed by atoms with Crippen LogP contribution in [0, 0.1) is 0 Å². The largest absolute Gasteiger partial charge is 0.480 e. The summed E-state index contributed by atoms with van der Waals surface area (Å²) in [5.41, 5.74) is 0. The van der Waals surface area contributed by atoms with Crippen LogP contribution in [0.25, 0.3) is 0 Å². The minimum atomic E-state index is -0.753. The summed E-state index contributed by atoms with van der Waals surface area (Å²) in [6.07, 6.45) is 7.40. The first-order valence-corrected chi connectivity index (χ1v) is 6.34. The van der Waals surface area contributed by atoms with E-state index >= 15 is 0 Å². The molecule has 0 aromatic rings. The SMILES string of the molecule is CN(C1CCC(NCC(=O)O)CC1)C1CC1. The number of nitrogens with one attached hydrogen (secondary N) is 1. The van der Waals surface area contributed by atoms with Gasteiger partial charge in [0.05, 0.1) is 6.54 Å². The molecule has 0 amide bonds. The Morgan fingerprint density at radius 1 is 1.19 bits per heavy atom. The van der Waals surface area contributed by atoms with Crippen LogP contribution in [0.15, 0.2) is 0 Å². The molecule has 2 fully saturated rings. The van der Waals surface area contributed by atoms with E-state index in [2.05, 4.69) is 17.3 Å². The molecule has 0 saturated heterocycles. The predicted octanol–water partition coefficient (Wildman–Crippen LogP) is 1.07. The zero-order chi connectivity index (χ0) is 11.5. The number of nitrogens with zero attached hydrogens (tertiary/aromatic N) is 1. The molecule has 16 heavy (non-hydrogen) atoms. The average Bonchev–Trinajstić information content (AvgIpc) is 3.10. The molecule has 2 rings (SSSR count). The summed E-state index contributed by atoms with van der Waals surface area (Å²) in [6.45, 7) is 0.105. The molecular formula is C12H22N2O2. The third-order valence-electron chi connectivity index (χ3n) is 3.94. The van der Waals surface area contributed by atoms with Crippen LogP contribution in [0.4, 0.5) is 0 Å². The van der Waals surface area contributed by atoms with Gasteiger partial charge in [-0.2, -0.15) is 0 Å². The zero-order valence-corrected chi connectivity index (χ0v) is 9.98. The first kappa shape index (κ1) is 11.9. The highest BCUT2D eigenvalue weighted by atomic mass is 16.4. The van der Waals surface area contributed by atoms with Crippen LogP contribution in [-0.4, -0.2) is 47.7 Å². The van der Waals surface area contributed by atoms with E-state index in [0.717, 1.165) is 24.9 Å². The lowest BCUT2D eigenvalue weighted by Gasteiger charge is -2.35. The number of carboxylic acid groups (broad SMARTS) is 1. The minimum Gasteiger partial charge on any atom is -0.480 e. The summed E-state index contributed by atoms with van der Waals surface area (Å²) in [5.74, 6) is -0.753. The number of hydrogen-bond donors (Lipinski definition) is 2. The van der Waals surface area contributed by atoms with E-state index in [-0.39, 0.29) is 6.54 Å². The second-order valence-corrected chi connectivity index (χ2v) is 5.18. The van der Waals surface area contributed by atoms with Crippen LogP contribution in [0.1, 0.15) is 38.5 Å². The Morgan fingerprint density at radius 2 is 1.69 bits per heavy atom. The van der Waals surface area contributed by atoms with Crippen molar-refractivity contribution in [3.63, 3.8) is 0 Å². The van der Waals surface area contributed by atoms with Crippen molar-refractivity contribution in [3.05, 3.63) is 0 Å². The molecule has 2 N–H and O–H groups in total. The third kappa shape index (κ3) is 3.19. The first-order valence-electron chi connectivity index (χ1n) is 6.34. The van der Waals surface area contributed by atoms with E-state index in [4.69, 9.17) is 5.11 Å². The van der Waals surface area contributed by atoms with Crippen molar-refractivity contribution < 1.29 is 9.90 Å². The molecule has 0 bridgehead atoms. The van der Waals surface area contributed by atoms with Crippen LogP contribution in [0.5, 0.6) is 0 Å². The van der Waals surface area contributed by atoms with Crippen molar-refractivity contribution in [2.75, 3.05) is 13.6 Å². The van der Waals surface area contributed by atoms with Gasteiger partial charge in [0.2, 0.25) is 0 Å². The number of rotatable bonds is 5. The van der Waals surface area contributed by atoms with Gasteiger partial charge >= 0.3 is 5.97 Å². The highest BCUT2D eigenvalue weighted by Gasteiger charge is 2.33. The lowest BCUT2D eigenvalue weighted by molar-refractivity contribution is -0.136. The normalized spacial score (nSPS) is 30.6. The number of hydrogen-bond acceptors (Lipinski definition) is 3. The maximum absolute atomic E-state index is 10.4. The highest BCUT2D eigenvalue weighted by Crippen LogP contribution is 2.32. The van der Waals surface area contributed by atoms with E-state index in [9.17, 15) is 4.79 Å². The number of carboxylic acids is 1. The minimum absolute atomic E-state index is 0.105. The molecule has 0 atom stereocenters. The Bertz CT molecular complexity index is 245. The molecule has 0 heterocycles. The molecule has 0 radical (unpaired) electrons. The molecule has 2 saturated carbocycles. The Morgan fingerprint density at radius 3 is 2.12 bits per heavy atom. The van der Waals surface area contributed by atoms with Gasteiger partial charge < -0.3 is 15.3 Å². The third-order valence-corrected chi connectivity index (χ3v) is 3.94. The summed E-state index contributed by atoms with van der Waals surface area (Å²) in [5, 5.41) is 11.7. The van der Waals surface area contributed by atoms with Crippen LogP contribution < -0.4 is 5.32 Å². The van der Waals surface area contributed by atoms with Gasteiger partial charge in [0.15, 0.2) is 0 Å². The van der Waals surface area contributed by atoms with Gasteiger partial charge in [-0.1, -0.05) is 0 Å². The molecule has 4 heteroatoms. The smallest absolute Gasteiger partial charge is 0.317 e. The fourth-order valence-electron chi connectivity index (χ4n) is 2.70. The van der Waals surface area contributed by atoms with Crippen LogP contribution in [-0.2, 0) is 4.79 Å². The maximum Gasteiger partial charge on any atom is 0.317 e. The molecule has 0 unspecified atom stereocenters. The van der Waals surface area contributed by atoms with Crippen molar-refractivity contribution in [2.45, 2.75) is 56.7 Å². The van der Waals surface area contributed by atoms with E-state index in [1.165, 1.54) is 25.7 Å². The molecule has 0 aromatic carbocycles. The van der Waals surface area contributed by atoms with Crippen LogP contribution in [0.3, 0.4) is 0 Å². The quantitative estimate of drug-likeness (QED) is 0.736. The molecule has 92 valence electrons. The Labute approximate surface area is 97.0 Å². The van der Waals surface area contributed by atoms with E-state index < -0.39 is 5.97 Å². The molecule has 2 aliphatic carbocycles. The molecule has 4 nitrogen and oxygen atoms in total. The summed E-state index contributed by atoms with van der Waals surface area (Å²) < 4.78 is 0. The summed E-state index contributed by atoms with van der Waals surface area (Å²) in [6, 6.07) is 1.99. The van der Waals surface area contributed by atoms with Crippen molar-refractivity contribution in [1.82, 2.24) is 10.2 Å². The number of aliphatic carboxylic acids is 1. The summed E-state index contributed by atoms with van der Waals surface area (Å²) >= 11 is 0. The van der Waals surface area contributed by atoms with Gasteiger partial charge in [-0.15, -0.1) is 0 Å². The second kappa shape index (κ2) is 5.15. The van der Waals surface area contributed by atoms with Gasteiger partial charge in [0.1, 0.15) is 0 Å². The second-order valence-electron chi connectivity index (χ2n) is 5.18. The zero-order valence-electron chi connectivity index (χ0n) is 9.98. The molecule has 0 aliphatic heterocycles. The van der Waals surface area contributed by atoms with E-state index in [1.807, 2.05) is 0 Å². The average molecular weight is 226 g/mol. The maximum atomic E-state index is 10.4. The molecular weight excluding hydrogens is 204 g/mol. The monoisotopic (exact) mass is 226 g/mol. The Kier molecular flexibility index (Phi) is 3.82. The van der Waals surface area contributed by atoms with Crippen LogP contribution in [0.2, 0.25) is 0 Å². The molecule has 0 aromatic heterocycles. The van der Waals surface area contributed by atoms with Gasteiger partial charge in [0.25, 0.3) is 0 Å². The van der Waals surface area contributed by atoms with Gasteiger partial charge in [-0.3, -0.25) is 4.79 Å². The fourth-order valence-corrected chi connectivity index (χ4v) is 2.70.